The monoisotopic (exact) mass is 271 g/mol. The number of nitrogens with zero attached hydrogens (tertiary/aromatic N) is 2. The maximum atomic E-state index is 12.0. The number of carbonyl (C=O) groups excluding carboxylic acids is 1. The van der Waals surface area contributed by atoms with Gasteiger partial charge < -0.3 is 10.6 Å². The molecule has 2 N–H and O–H groups in total. The zero-order chi connectivity index (χ0) is 13.7. The van der Waals surface area contributed by atoms with Gasteiger partial charge in [0.2, 0.25) is 5.91 Å². The average Bonchev–Trinajstić information content (AvgIpc) is 2.74. The lowest BCUT2D eigenvalue weighted by Gasteiger charge is -2.22. The van der Waals surface area contributed by atoms with Gasteiger partial charge in [-0.1, -0.05) is 26.1 Å². The molecule has 0 aromatic rings. The lowest BCUT2D eigenvalue weighted by atomic mass is 9.95. The summed E-state index contributed by atoms with van der Waals surface area (Å²) in [5.74, 6) is 1.60. The standard InChI is InChI=1S/C13H25N3OS/c1-10(2)11-4-7-16(8-11)9-13(17)15(3)6-5-12(14)18/h10-11H,4-9H2,1-3H3,(H2,14,18). The molecule has 1 atom stereocenters. The van der Waals surface area contributed by atoms with Crippen LogP contribution >= 0.6 is 12.2 Å². The van der Waals surface area contributed by atoms with E-state index in [9.17, 15) is 4.79 Å². The molecule has 104 valence electrons. The summed E-state index contributed by atoms with van der Waals surface area (Å²) < 4.78 is 0. The van der Waals surface area contributed by atoms with E-state index in [1.807, 2.05) is 7.05 Å². The first-order valence-corrected chi connectivity index (χ1v) is 7.05. The van der Waals surface area contributed by atoms with E-state index in [0.29, 0.717) is 30.4 Å². The third-order valence-electron chi connectivity index (χ3n) is 3.73. The van der Waals surface area contributed by atoms with Crippen LogP contribution in [0.4, 0.5) is 0 Å². The summed E-state index contributed by atoms with van der Waals surface area (Å²) in [7, 11) is 1.82. The third kappa shape index (κ3) is 4.90. The molecular formula is C13H25N3OS. The van der Waals surface area contributed by atoms with Gasteiger partial charge in [0, 0.05) is 26.6 Å². The topological polar surface area (TPSA) is 49.6 Å². The van der Waals surface area contributed by atoms with Crippen LogP contribution in [0.3, 0.4) is 0 Å². The summed E-state index contributed by atoms with van der Waals surface area (Å²) in [4.78, 5) is 16.4. The molecule has 0 aromatic heterocycles. The molecule has 1 amide bonds. The minimum absolute atomic E-state index is 0.163. The van der Waals surface area contributed by atoms with E-state index in [-0.39, 0.29) is 5.91 Å². The normalized spacial score (nSPS) is 20.3. The number of likely N-dealkylation sites (tertiary alicyclic amines) is 1. The average molecular weight is 271 g/mol. The van der Waals surface area contributed by atoms with E-state index >= 15 is 0 Å². The fourth-order valence-corrected chi connectivity index (χ4v) is 2.36. The number of rotatable bonds is 6. The van der Waals surface area contributed by atoms with Gasteiger partial charge in [0.25, 0.3) is 0 Å². The third-order valence-corrected chi connectivity index (χ3v) is 3.93. The molecule has 4 nitrogen and oxygen atoms in total. The van der Waals surface area contributed by atoms with E-state index in [1.165, 1.54) is 6.42 Å². The first-order chi connectivity index (χ1) is 8.40. The zero-order valence-electron chi connectivity index (χ0n) is 11.7. The van der Waals surface area contributed by atoms with E-state index in [1.54, 1.807) is 4.90 Å². The van der Waals surface area contributed by atoms with Crippen LogP contribution in [0, 0.1) is 11.8 Å². The van der Waals surface area contributed by atoms with Gasteiger partial charge in [-0.15, -0.1) is 0 Å². The van der Waals surface area contributed by atoms with E-state index < -0.39 is 0 Å². The quantitative estimate of drug-likeness (QED) is 0.735. The highest BCUT2D eigenvalue weighted by atomic mass is 32.1. The number of carbonyl (C=O) groups is 1. The number of amides is 1. The second kappa shape index (κ2) is 7.04. The highest BCUT2D eigenvalue weighted by molar-refractivity contribution is 7.80. The van der Waals surface area contributed by atoms with Gasteiger partial charge in [-0.25, -0.2) is 0 Å². The van der Waals surface area contributed by atoms with Crippen molar-refractivity contribution >= 4 is 23.1 Å². The van der Waals surface area contributed by atoms with E-state index in [0.717, 1.165) is 19.0 Å². The predicted octanol–water partition coefficient (Wildman–Crippen LogP) is 1.10. The summed E-state index contributed by atoms with van der Waals surface area (Å²) in [6, 6.07) is 0. The molecule has 1 aliphatic rings. The second-order valence-corrected chi connectivity index (χ2v) is 6.08. The molecule has 18 heavy (non-hydrogen) atoms. The summed E-state index contributed by atoms with van der Waals surface area (Å²) in [5, 5.41) is 0. The van der Waals surface area contributed by atoms with Gasteiger partial charge in [-0.2, -0.15) is 0 Å². The summed E-state index contributed by atoms with van der Waals surface area (Å²) >= 11 is 4.82. The molecule has 1 saturated heterocycles. The van der Waals surface area contributed by atoms with Gasteiger partial charge in [0.1, 0.15) is 0 Å². The zero-order valence-corrected chi connectivity index (χ0v) is 12.5. The number of hydrogen-bond donors (Lipinski definition) is 1. The van der Waals surface area contributed by atoms with Gasteiger partial charge in [0.05, 0.1) is 11.5 Å². The van der Waals surface area contributed by atoms with Gasteiger partial charge in [-0.05, 0) is 24.8 Å². The minimum Gasteiger partial charge on any atom is -0.393 e. The van der Waals surface area contributed by atoms with E-state index in [2.05, 4.69) is 18.7 Å². The SMILES string of the molecule is CC(C)C1CCN(CC(=O)N(C)CCC(N)=S)C1. The van der Waals surface area contributed by atoms with Crippen LogP contribution in [0.5, 0.6) is 0 Å². The maximum absolute atomic E-state index is 12.0. The number of hydrogen-bond acceptors (Lipinski definition) is 3. The Hall–Kier alpha value is -0.680. The molecule has 1 fully saturated rings. The van der Waals surface area contributed by atoms with Gasteiger partial charge in [0.15, 0.2) is 0 Å². The Morgan fingerprint density at radius 2 is 2.22 bits per heavy atom. The molecule has 0 saturated carbocycles. The Labute approximate surface area is 115 Å². The molecule has 0 aromatic carbocycles. The van der Waals surface area contributed by atoms with Gasteiger partial charge >= 0.3 is 0 Å². The Morgan fingerprint density at radius 1 is 1.56 bits per heavy atom. The summed E-state index contributed by atoms with van der Waals surface area (Å²) in [6.07, 6.45) is 1.81. The van der Waals surface area contributed by atoms with Crippen molar-refractivity contribution in [2.75, 3.05) is 33.2 Å². The first kappa shape index (κ1) is 15.4. The Bertz CT molecular complexity index is 307. The number of likely N-dealkylation sites (N-methyl/N-ethyl adjacent to an activating group) is 1. The molecular weight excluding hydrogens is 246 g/mol. The number of nitrogens with two attached hydrogens (primary N) is 1. The maximum Gasteiger partial charge on any atom is 0.236 e. The molecule has 1 heterocycles. The van der Waals surface area contributed by atoms with Crippen LogP contribution in [0.1, 0.15) is 26.7 Å². The molecule has 0 radical (unpaired) electrons. The highest BCUT2D eigenvalue weighted by Gasteiger charge is 2.26. The Kier molecular flexibility index (Phi) is 6.02. The van der Waals surface area contributed by atoms with Crippen molar-refractivity contribution in [2.45, 2.75) is 26.7 Å². The van der Waals surface area contributed by atoms with Crippen LogP contribution in [-0.4, -0.2) is 53.9 Å². The summed E-state index contributed by atoms with van der Waals surface area (Å²) in [5.41, 5.74) is 5.44. The van der Waals surface area contributed by atoms with E-state index in [4.69, 9.17) is 18.0 Å². The molecule has 1 aliphatic heterocycles. The molecule has 0 spiro atoms. The van der Waals surface area contributed by atoms with Crippen molar-refractivity contribution in [2.24, 2.45) is 17.6 Å². The van der Waals surface area contributed by atoms with Crippen LogP contribution < -0.4 is 5.73 Å². The van der Waals surface area contributed by atoms with Crippen molar-refractivity contribution in [1.29, 1.82) is 0 Å². The smallest absolute Gasteiger partial charge is 0.236 e. The van der Waals surface area contributed by atoms with Crippen LogP contribution in [-0.2, 0) is 4.79 Å². The Balaban J connectivity index is 2.30. The fourth-order valence-electron chi connectivity index (χ4n) is 2.26. The fraction of sp³-hybridized carbons (Fsp3) is 0.846. The van der Waals surface area contributed by atoms with Crippen LogP contribution in [0.15, 0.2) is 0 Å². The minimum atomic E-state index is 0.163. The van der Waals surface area contributed by atoms with Crippen molar-refractivity contribution < 1.29 is 4.79 Å². The highest BCUT2D eigenvalue weighted by Crippen LogP contribution is 2.23. The molecule has 1 unspecified atom stereocenters. The molecule has 5 heteroatoms. The van der Waals surface area contributed by atoms with Crippen molar-refractivity contribution in [1.82, 2.24) is 9.80 Å². The van der Waals surface area contributed by atoms with Crippen molar-refractivity contribution in [3.8, 4) is 0 Å². The lowest BCUT2D eigenvalue weighted by Crippen LogP contribution is -2.38. The van der Waals surface area contributed by atoms with Crippen LogP contribution in [0.2, 0.25) is 0 Å². The second-order valence-electron chi connectivity index (χ2n) is 5.56. The van der Waals surface area contributed by atoms with Crippen molar-refractivity contribution in [3.63, 3.8) is 0 Å². The molecule has 1 rings (SSSR count). The van der Waals surface area contributed by atoms with Gasteiger partial charge in [-0.3, -0.25) is 9.69 Å². The largest absolute Gasteiger partial charge is 0.393 e. The van der Waals surface area contributed by atoms with Crippen LogP contribution in [0.25, 0.3) is 0 Å². The summed E-state index contributed by atoms with van der Waals surface area (Å²) in [6.45, 7) is 7.74. The predicted molar refractivity (Wildman–Crippen MR) is 78.4 cm³/mol. The molecule has 0 bridgehead atoms. The Morgan fingerprint density at radius 3 is 2.72 bits per heavy atom. The first-order valence-electron chi connectivity index (χ1n) is 6.64. The lowest BCUT2D eigenvalue weighted by molar-refractivity contribution is -0.130. The van der Waals surface area contributed by atoms with Crippen molar-refractivity contribution in [3.05, 3.63) is 0 Å². The molecule has 0 aliphatic carbocycles. The number of thiocarbonyl (C=S) groups is 1.